The van der Waals surface area contributed by atoms with Gasteiger partial charge in [-0.25, -0.2) is 0 Å². The first kappa shape index (κ1) is 15.6. The van der Waals surface area contributed by atoms with Crippen LogP contribution in [0.5, 0.6) is 11.5 Å². The molecule has 1 fully saturated rings. The summed E-state index contributed by atoms with van der Waals surface area (Å²) < 4.78 is 5.43. The highest BCUT2D eigenvalue weighted by Gasteiger charge is 2.21. The Kier molecular flexibility index (Phi) is 5.44. The summed E-state index contributed by atoms with van der Waals surface area (Å²) >= 11 is 0. The van der Waals surface area contributed by atoms with Crippen LogP contribution in [0.25, 0.3) is 0 Å². The van der Waals surface area contributed by atoms with Crippen molar-refractivity contribution in [3.8, 4) is 11.5 Å². The van der Waals surface area contributed by atoms with Crippen molar-refractivity contribution >= 4 is 5.91 Å². The van der Waals surface area contributed by atoms with Gasteiger partial charge < -0.3 is 14.7 Å². The van der Waals surface area contributed by atoms with Gasteiger partial charge in [-0.05, 0) is 18.1 Å². The summed E-state index contributed by atoms with van der Waals surface area (Å²) in [6.45, 7) is 8.90. The van der Waals surface area contributed by atoms with E-state index < -0.39 is 0 Å². The summed E-state index contributed by atoms with van der Waals surface area (Å²) in [7, 11) is 0. The maximum absolute atomic E-state index is 12.1. The maximum atomic E-state index is 12.1. The predicted octanol–water partition coefficient (Wildman–Crippen LogP) is 1.57. The number of nitrogens with zero attached hydrogens (tertiary/aromatic N) is 2. The molecular weight excluding hydrogens is 268 g/mol. The molecule has 0 saturated carbocycles. The lowest BCUT2D eigenvalue weighted by Crippen LogP contribution is -2.50. The van der Waals surface area contributed by atoms with E-state index in [2.05, 4.69) is 18.7 Å². The van der Waals surface area contributed by atoms with Crippen LogP contribution in [0.15, 0.2) is 24.3 Å². The zero-order valence-corrected chi connectivity index (χ0v) is 12.8. The van der Waals surface area contributed by atoms with Crippen LogP contribution in [0.1, 0.15) is 13.8 Å². The molecule has 0 bridgehead atoms. The normalized spacial score (nSPS) is 16.2. The monoisotopic (exact) mass is 292 g/mol. The van der Waals surface area contributed by atoms with E-state index in [1.165, 1.54) is 6.07 Å². The van der Waals surface area contributed by atoms with E-state index in [4.69, 9.17) is 4.74 Å². The molecule has 0 atom stereocenters. The molecule has 2 rings (SSSR count). The number of hydrogen-bond donors (Lipinski definition) is 1. The Morgan fingerprint density at radius 3 is 2.62 bits per heavy atom. The highest BCUT2D eigenvalue weighted by molar-refractivity contribution is 5.77. The van der Waals surface area contributed by atoms with Crippen LogP contribution in [-0.4, -0.2) is 60.1 Å². The third kappa shape index (κ3) is 4.93. The molecular formula is C16H24N2O3. The third-order valence-corrected chi connectivity index (χ3v) is 3.53. The Hall–Kier alpha value is -1.75. The fourth-order valence-corrected chi connectivity index (χ4v) is 2.51. The molecule has 1 heterocycles. The summed E-state index contributed by atoms with van der Waals surface area (Å²) in [6, 6.07) is 6.50. The number of benzene rings is 1. The fourth-order valence-electron chi connectivity index (χ4n) is 2.51. The zero-order chi connectivity index (χ0) is 15.2. The molecule has 1 saturated heterocycles. The molecule has 5 heteroatoms. The van der Waals surface area contributed by atoms with Crippen LogP contribution in [-0.2, 0) is 4.79 Å². The smallest absolute Gasteiger partial charge is 0.260 e. The van der Waals surface area contributed by atoms with Crippen molar-refractivity contribution in [1.82, 2.24) is 9.80 Å². The van der Waals surface area contributed by atoms with Crippen molar-refractivity contribution in [1.29, 1.82) is 0 Å². The van der Waals surface area contributed by atoms with E-state index in [1.54, 1.807) is 18.2 Å². The van der Waals surface area contributed by atoms with Gasteiger partial charge in [0, 0.05) is 38.8 Å². The van der Waals surface area contributed by atoms with Gasteiger partial charge in [-0.15, -0.1) is 0 Å². The summed E-state index contributed by atoms with van der Waals surface area (Å²) in [5.74, 6) is 1.31. The Balaban J connectivity index is 1.75. The van der Waals surface area contributed by atoms with Gasteiger partial charge >= 0.3 is 0 Å². The van der Waals surface area contributed by atoms with E-state index >= 15 is 0 Å². The minimum absolute atomic E-state index is 0.00235. The van der Waals surface area contributed by atoms with Crippen LogP contribution in [0.3, 0.4) is 0 Å². The molecule has 1 aliphatic heterocycles. The standard InChI is InChI=1S/C16H24N2O3/c1-13(2)11-17-6-8-18(9-7-17)16(20)12-21-15-5-3-4-14(19)10-15/h3-5,10,13,19H,6-9,11-12H2,1-2H3. The van der Waals surface area contributed by atoms with Crippen molar-refractivity contribution in [2.75, 3.05) is 39.3 Å². The van der Waals surface area contributed by atoms with Crippen LogP contribution in [0.2, 0.25) is 0 Å². The Bertz CT molecular complexity index is 468. The number of ether oxygens (including phenoxy) is 1. The number of rotatable bonds is 5. The van der Waals surface area contributed by atoms with Crippen molar-refractivity contribution in [3.63, 3.8) is 0 Å². The molecule has 0 unspecified atom stereocenters. The minimum Gasteiger partial charge on any atom is -0.508 e. The van der Waals surface area contributed by atoms with Crippen molar-refractivity contribution < 1.29 is 14.6 Å². The summed E-state index contributed by atoms with van der Waals surface area (Å²) in [5, 5.41) is 9.35. The molecule has 1 aliphatic rings. The van der Waals surface area contributed by atoms with Crippen molar-refractivity contribution in [2.24, 2.45) is 5.92 Å². The lowest BCUT2D eigenvalue weighted by Gasteiger charge is -2.35. The second kappa shape index (κ2) is 7.31. The molecule has 21 heavy (non-hydrogen) atoms. The number of piperazine rings is 1. The molecule has 5 nitrogen and oxygen atoms in total. The van der Waals surface area contributed by atoms with Crippen LogP contribution in [0.4, 0.5) is 0 Å². The first-order valence-electron chi connectivity index (χ1n) is 7.46. The van der Waals surface area contributed by atoms with Gasteiger partial charge in [0.25, 0.3) is 5.91 Å². The fraction of sp³-hybridized carbons (Fsp3) is 0.562. The summed E-state index contributed by atoms with van der Waals surface area (Å²) in [6.07, 6.45) is 0. The number of aromatic hydroxyl groups is 1. The number of carbonyl (C=O) groups excluding carboxylic acids is 1. The molecule has 0 radical (unpaired) electrons. The second-order valence-corrected chi connectivity index (χ2v) is 5.86. The van der Waals surface area contributed by atoms with Gasteiger partial charge in [-0.2, -0.15) is 0 Å². The first-order valence-corrected chi connectivity index (χ1v) is 7.46. The molecule has 1 aromatic rings. The average molecular weight is 292 g/mol. The minimum atomic E-state index is 0.00235. The van der Waals surface area contributed by atoms with E-state index in [-0.39, 0.29) is 18.3 Å². The highest BCUT2D eigenvalue weighted by atomic mass is 16.5. The SMILES string of the molecule is CC(C)CN1CCN(C(=O)COc2cccc(O)c2)CC1. The third-order valence-electron chi connectivity index (χ3n) is 3.53. The second-order valence-electron chi connectivity index (χ2n) is 5.86. The maximum Gasteiger partial charge on any atom is 0.260 e. The molecule has 0 spiro atoms. The molecule has 1 N–H and O–H groups in total. The zero-order valence-electron chi connectivity index (χ0n) is 12.8. The predicted molar refractivity (Wildman–Crippen MR) is 81.5 cm³/mol. The van der Waals surface area contributed by atoms with Crippen LogP contribution in [0, 0.1) is 5.92 Å². The summed E-state index contributed by atoms with van der Waals surface area (Å²) in [5.41, 5.74) is 0. The Morgan fingerprint density at radius 2 is 2.00 bits per heavy atom. The Labute approximate surface area is 126 Å². The molecule has 0 aliphatic carbocycles. The van der Waals surface area contributed by atoms with Crippen LogP contribution >= 0.6 is 0 Å². The van der Waals surface area contributed by atoms with Gasteiger partial charge in [0.1, 0.15) is 11.5 Å². The van der Waals surface area contributed by atoms with Gasteiger partial charge in [0.15, 0.2) is 6.61 Å². The number of phenols is 1. The van der Waals surface area contributed by atoms with Gasteiger partial charge in [-0.1, -0.05) is 19.9 Å². The van der Waals surface area contributed by atoms with Crippen LogP contribution < -0.4 is 4.74 Å². The van der Waals surface area contributed by atoms with Crippen molar-refractivity contribution in [2.45, 2.75) is 13.8 Å². The van der Waals surface area contributed by atoms with E-state index in [0.717, 1.165) is 32.7 Å². The molecule has 0 aromatic heterocycles. The van der Waals surface area contributed by atoms with Crippen molar-refractivity contribution in [3.05, 3.63) is 24.3 Å². The molecule has 1 aromatic carbocycles. The number of hydrogen-bond acceptors (Lipinski definition) is 4. The quantitative estimate of drug-likeness (QED) is 0.895. The lowest BCUT2D eigenvalue weighted by atomic mass is 10.2. The van der Waals surface area contributed by atoms with Gasteiger partial charge in [0.2, 0.25) is 0 Å². The summed E-state index contributed by atoms with van der Waals surface area (Å²) in [4.78, 5) is 16.3. The Morgan fingerprint density at radius 1 is 1.29 bits per heavy atom. The number of phenolic OH excluding ortho intramolecular Hbond substituents is 1. The van der Waals surface area contributed by atoms with Gasteiger partial charge in [-0.3, -0.25) is 9.69 Å². The first-order chi connectivity index (χ1) is 10.0. The van der Waals surface area contributed by atoms with Gasteiger partial charge in [0.05, 0.1) is 0 Å². The number of carbonyl (C=O) groups is 1. The topological polar surface area (TPSA) is 53.0 Å². The van der Waals surface area contributed by atoms with E-state index in [0.29, 0.717) is 11.7 Å². The molecule has 116 valence electrons. The average Bonchev–Trinajstić information content (AvgIpc) is 2.45. The number of amides is 1. The largest absolute Gasteiger partial charge is 0.508 e. The lowest BCUT2D eigenvalue weighted by molar-refractivity contribution is -0.135. The van der Waals surface area contributed by atoms with E-state index in [1.807, 2.05) is 4.90 Å². The molecule has 1 amide bonds. The highest BCUT2D eigenvalue weighted by Crippen LogP contribution is 2.17. The van der Waals surface area contributed by atoms with E-state index in [9.17, 15) is 9.90 Å².